The first-order valence-corrected chi connectivity index (χ1v) is 9.10. The summed E-state index contributed by atoms with van der Waals surface area (Å²) in [4.78, 5) is 24.2. The Bertz CT molecular complexity index is 718. The van der Waals surface area contributed by atoms with E-state index in [0.29, 0.717) is 31.3 Å². The molecule has 0 spiro atoms. The van der Waals surface area contributed by atoms with Crippen molar-refractivity contribution in [3.8, 4) is 48.4 Å². The molecule has 0 saturated carbocycles. The van der Waals surface area contributed by atoms with Gasteiger partial charge in [0.05, 0.1) is 24.4 Å². The Labute approximate surface area is 198 Å². The van der Waals surface area contributed by atoms with Gasteiger partial charge in [-0.05, 0) is 36.5 Å². The van der Waals surface area contributed by atoms with Gasteiger partial charge in [-0.25, -0.2) is 0 Å². The fourth-order valence-electron chi connectivity index (χ4n) is 1.84. The van der Waals surface area contributed by atoms with Crippen LogP contribution in [0.15, 0.2) is 0 Å². The molecule has 0 bridgehead atoms. The predicted molar refractivity (Wildman–Crippen MR) is 101 cm³/mol. The number of esters is 2. The summed E-state index contributed by atoms with van der Waals surface area (Å²) in [6.07, 6.45) is 11.0. The van der Waals surface area contributed by atoms with Crippen LogP contribution in [0.5, 0.6) is 0 Å². The molecule has 0 fully saturated rings. The van der Waals surface area contributed by atoms with Crippen LogP contribution in [0.4, 0.5) is 0 Å². The van der Waals surface area contributed by atoms with Crippen LogP contribution >= 0.6 is 12.0 Å². The van der Waals surface area contributed by atoms with Crippen LogP contribution in [0.1, 0.15) is 39.5 Å². The Morgan fingerprint density at radius 1 is 1.17 bits per heavy atom. The Kier molecular flexibility index (Phi) is 18.8. The van der Waals surface area contributed by atoms with Gasteiger partial charge in [-0.2, -0.15) is 4.33 Å². The van der Waals surface area contributed by atoms with E-state index in [1.54, 1.807) is 13.8 Å². The number of ether oxygens (including phenoxy) is 2. The Hall–Kier alpha value is -1.59. The molecular weight excluding hydrogens is 407 g/mol. The second-order valence-electron chi connectivity index (χ2n) is 5.30. The summed E-state index contributed by atoms with van der Waals surface area (Å²) in [6, 6.07) is 0. The maximum atomic E-state index is 12.1. The van der Waals surface area contributed by atoms with E-state index in [4.69, 9.17) is 22.3 Å². The molecule has 9 heteroatoms. The number of hydrogen-bond acceptors (Lipinski definition) is 8. The van der Waals surface area contributed by atoms with Crippen LogP contribution in [0.2, 0.25) is 0 Å². The minimum atomic E-state index is -1.08. The van der Waals surface area contributed by atoms with Gasteiger partial charge in [0.1, 0.15) is 18.0 Å². The number of carbonyl (C=O) groups excluding carboxylic acids is 2. The summed E-state index contributed by atoms with van der Waals surface area (Å²) in [6.45, 7) is 3.37. The van der Waals surface area contributed by atoms with E-state index in [1.807, 2.05) is 0 Å². The van der Waals surface area contributed by atoms with E-state index in [2.05, 4.69) is 44.9 Å². The summed E-state index contributed by atoms with van der Waals surface area (Å²) in [7, 11) is 0. The molecule has 0 radical (unpaired) electrons. The van der Waals surface area contributed by atoms with Crippen molar-refractivity contribution in [1.82, 2.24) is 0 Å². The molecule has 0 aliphatic carbocycles. The van der Waals surface area contributed by atoms with Gasteiger partial charge >= 0.3 is 41.5 Å². The van der Waals surface area contributed by atoms with Crippen molar-refractivity contribution >= 4 is 24.0 Å². The average Bonchev–Trinajstić information content (AvgIpc) is 2.71. The minimum Gasteiger partial charge on any atom is -0.691 e. The van der Waals surface area contributed by atoms with Crippen molar-refractivity contribution < 1.29 is 63.2 Å². The molecule has 150 valence electrons. The van der Waals surface area contributed by atoms with Gasteiger partial charge < -0.3 is 14.7 Å². The fraction of sp³-hybridized carbons (Fsp3) is 0.500. The average molecular weight is 428 g/mol. The molecule has 2 atom stereocenters. The van der Waals surface area contributed by atoms with Gasteiger partial charge in [-0.1, -0.05) is 25.7 Å². The van der Waals surface area contributed by atoms with E-state index in [1.165, 1.54) is 0 Å². The maximum Gasteiger partial charge on any atom is 1.00 e. The zero-order chi connectivity index (χ0) is 21.3. The van der Waals surface area contributed by atoms with Crippen LogP contribution in [0.3, 0.4) is 0 Å². The van der Waals surface area contributed by atoms with Crippen LogP contribution < -0.4 is 34.8 Å². The fourth-order valence-corrected chi connectivity index (χ4v) is 2.32. The minimum absolute atomic E-state index is 0. The standard InChI is InChI=1S/C20H22O7S.Na/c1-5-9-11-12-14-24-19(22)17(7-3)15-18(21)25-16-20(8-4,13-10-6-2)28-27-26-23;/h1-2,17,23H,7-8,12,14-16H2,3-4H3;/q;+1/p-1. The summed E-state index contributed by atoms with van der Waals surface area (Å²) in [5, 5.41) is 13.4. The molecule has 0 heterocycles. The first kappa shape index (κ1) is 29.6. The summed E-state index contributed by atoms with van der Waals surface area (Å²) in [5.41, 5.74) is 0. The molecule has 0 N–H and O–H groups in total. The normalized spacial score (nSPS) is 12.0. The van der Waals surface area contributed by atoms with Gasteiger partial charge in [0.15, 0.2) is 0 Å². The van der Waals surface area contributed by atoms with Gasteiger partial charge in [0.2, 0.25) is 0 Å². The topological polar surface area (TPSA) is 94.1 Å². The third-order valence-electron chi connectivity index (χ3n) is 3.49. The van der Waals surface area contributed by atoms with Gasteiger partial charge in [0.25, 0.3) is 0 Å². The summed E-state index contributed by atoms with van der Waals surface area (Å²) >= 11 is 0.600. The monoisotopic (exact) mass is 428 g/mol. The Morgan fingerprint density at radius 3 is 2.41 bits per heavy atom. The molecule has 0 aromatic carbocycles. The van der Waals surface area contributed by atoms with Gasteiger partial charge in [-0.15, -0.1) is 12.8 Å². The molecule has 0 aliphatic rings. The largest absolute Gasteiger partial charge is 1.00 e. The van der Waals surface area contributed by atoms with Crippen molar-refractivity contribution in [3.05, 3.63) is 0 Å². The van der Waals surface area contributed by atoms with Crippen molar-refractivity contribution in [2.75, 3.05) is 13.2 Å². The second kappa shape index (κ2) is 18.4. The second-order valence-corrected chi connectivity index (χ2v) is 6.38. The quantitative estimate of drug-likeness (QED) is 0.0682. The van der Waals surface area contributed by atoms with Crippen molar-refractivity contribution in [3.63, 3.8) is 0 Å². The van der Waals surface area contributed by atoms with Crippen LogP contribution in [0, 0.1) is 54.3 Å². The number of terminal acetylenes is 2. The smallest absolute Gasteiger partial charge is 0.691 e. The maximum absolute atomic E-state index is 12.1. The molecule has 2 unspecified atom stereocenters. The van der Waals surface area contributed by atoms with Crippen LogP contribution in [-0.2, 0) is 28.4 Å². The van der Waals surface area contributed by atoms with Crippen LogP contribution in [0.25, 0.3) is 0 Å². The van der Waals surface area contributed by atoms with E-state index >= 15 is 0 Å². The predicted octanol–water partition coefficient (Wildman–Crippen LogP) is -1.82. The number of carbonyl (C=O) groups is 2. The van der Waals surface area contributed by atoms with E-state index < -0.39 is 22.6 Å². The first-order chi connectivity index (χ1) is 13.5. The Morgan fingerprint density at radius 2 is 1.86 bits per heavy atom. The Balaban J connectivity index is 0. The van der Waals surface area contributed by atoms with Gasteiger partial charge in [0, 0.05) is 6.42 Å². The molecule has 0 aliphatic heterocycles. The molecule has 29 heavy (non-hydrogen) atoms. The molecule has 0 saturated heterocycles. The molecule has 0 rings (SSSR count). The summed E-state index contributed by atoms with van der Waals surface area (Å²) in [5.74, 6) is 12.6. The van der Waals surface area contributed by atoms with E-state index in [9.17, 15) is 14.8 Å². The zero-order valence-electron chi connectivity index (χ0n) is 16.7. The van der Waals surface area contributed by atoms with Crippen molar-refractivity contribution in [1.29, 1.82) is 0 Å². The molecule has 7 nitrogen and oxygen atoms in total. The first-order valence-electron chi connectivity index (χ1n) is 8.36. The summed E-state index contributed by atoms with van der Waals surface area (Å²) < 4.78 is 13.5. The van der Waals surface area contributed by atoms with Gasteiger partial charge in [-0.3, -0.25) is 14.6 Å². The third kappa shape index (κ3) is 13.3. The zero-order valence-corrected chi connectivity index (χ0v) is 19.6. The third-order valence-corrected chi connectivity index (χ3v) is 4.44. The van der Waals surface area contributed by atoms with Crippen molar-refractivity contribution in [2.24, 2.45) is 5.92 Å². The van der Waals surface area contributed by atoms with E-state index in [0.717, 1.165) is 0 Å². The van der Waals surface area contributed by atoms with E-state index in [-0.39, 0.29) is 49.2 Å². The molecule has 0 aromatic rings. The number of hydrogen-bond donors (Lipinski definition) is 0. The number of rotatable bonds is 12. The molecule has 0 aromatic heterocycles. The van der Waals surface area contributed by atoms with Crippen molar-refractivity contribution in [2.45, 2.75) is 44.3 Å². The van der Waals surface area contributed by atoms with Crippen LogP contribution in [-0.4, -0.2) is 29.9 Å². The molecular formula is C20H21NaO7S. The SMILES string of the molecule is C#CC#CCCOC(=O)C(CC)CC(=O)OCC(C#CC#C)(CC)SOO[O-].[Na+]. The molecule has 0 amide bonds.